The molecule has 1 saturated heterocycles. The largest absolute Gasteiger partial charge is 0.489 e. The zero-order valence-electron chi connectivity index (χ0n) is 18.7. The number of hydrazone groups is 1. The van der Waals surface area contributed by atoms with Crippen LogP contribution in [0.1, 0.15) is 11.1 Å². The molecule has 1 N–H and O–H groups in total. The van der Waals surface area contributed by atoms with Crippen LogP contribution in [0.15, 0.2) is 82.8 Å². The second-order valence-electron chi connectivity index (χ2n) is 7.67. The Labute approximate surface area is 203 Å². The molecule has 0 bridgehead atoms. The minimum atomic E-state index is -3.85. The van der Waals surface area contributed by atoms with Crippen molar-refractivity contribution in [3.63, 3.8) is 0 Å². The number of nitro groups is 1. The number of hydrogen-bond acceptors (Lipinski definition) is 8. The van der Waals surface area contributed by atoms with Crippen LogP contribution in [0.25, 0.3) is 0 Å². The van der Waals surface area contributed by atoms with Crippen molar-refractivity contribution >= 4 is 27.6 Å². The Morgan fingerprint density at radius 2 is 1.77 bits per heavy atom. The highest BCUT2D eigenvalue weighted by Gasteiger charge is 2.28. The van der Waals surface area contributed by atoms with E-state index in [1.807, 2.05) is 30.3 Å². The summed E-state index contributed by atoms with van der Waals surface area (Å²) in [4.78, 5) is 10.8. The number of sulfonamides is 1. The maximum Gasteiger partial charge on any atom is 0.295 e. The SMILES string of the molecule is O=[N+]([O-])c1cc(S(=O)(=O)N2CCOCC2)ccc1NN=Cc1ccc(OCc2ccccc2)cc1. The summed E-state index contributed by atoms with van der Waals surface area (Å²) < 4.78 is 37.8. The zero-order valence-corrected chi connectivity index (χ0v) is 19.6. The number of hydrogen-bond donors (Lipinski definition) is 1. The third-order valence-corrected chi connectivity index (χ3v) is 7.20. The van der Waals surface area contributed by atoms with Crippen LogP contribution in [-0.4, -0.2) is 50.2 Å². The summed E-state index contributed by atoms with van der Waals surface area (Å²) in [5.41, 5.74) is 4.13. The Kier molecular flexibility index (Phi) is 7.70. The number of nitrogens with one attached hydrogen (secondary N) is 1. The monoisotopic (exact) mass is 496 g/mol. The molecule has 35 heavy (non-hydrogen) atoms. The van der Waals surface area contributed by atoms with Crippen LogP contribution in [0, 0.1) is 10.1 Å². The summed E-state index contributed by atoms with van der Waals surface area (Å²) >= 11 is 0. The fraction of sp³-hybridized carbons (Fsp3) is 0.208. The van der Waals surface area contributed by atoms with Crippen LogP contribution in [0.5, 0.6) is 5.75 Å². The van der Waals surface area contributed by atoms with E-state index < -0.39 is 14.9 Å². The second kappa shape index (κ2) is 11.1. The van der Waals surface area contributed by atoms with Gasteiger partial charge in [-0.1, -0.05) is 30.3 Å². The Bertz CT molecular complexity index is 1290. The van der Waals surface area contributed by atoms with Gasteiger partial charge in [0.05, 0.1) is 29.2 Å². The molecule has 1 aliphatic rings. The van der Waals surface area contributed by atoms with Crippen molar-refractivity contribution in [1.82, 2.24) is 4.31 Å². The lowest BCUT2D eigenvalue weighted by molar-refractivity contribution is -0.384. The summed E-state index contributed by atoms with van der Waals surface area (Å²) in [6.45, 7) is 1.44. The molecule has 0 spiro atoms. The number of nitro benzene ring substituents is 1. The molecule has 0 saturated carbocycles. The van der Waals surface area contributed by atoms with Gasteiger partial charge in [-0.15, -0.1) is 0 Å². The van der Waals surface area contributed by atoms with E-state index in [2.05, 4.69) is 10.5 Å². The third kappa shape index (κ3) is 6.21. The maximum absolute atomic E-state index is 12.8. The van der Waals surface area contributed by atoms with Gasteiger partial charge in [-0.2, -0.15) is 9.41 Å². The second-order valence-corrected chi connectivity index (χ2v) is 9.60. The van der Waals surface area contributed by atoms with Gasteiger partial charge in [0.15, 0.2) is 0 Å². The number of ether oxygens (including phenoxy) is 2. The maximum atomic E-state index is 12.8. The molecule has 1 aliphatic heterocycles. The molecule has 1 fully saturated rings. The van der Waals surface area contributed by atoms with Crippen LogP contribution in [0.4, 0.5) is 11.4 Å². The molecule has 0 atom stereocenters. The predicted octanol–water partition coefficient (Wildman–Crippen LogP) is 3.64. The minimum Gasteiger partial charge on any atom is -0.489 e. The van der Waals surface area contributed by atoms with Gasteiger partial charge in [0.2, 0.25) is 10.0 Å². The molecule has 3 aromatic carbocycles. The molecule has 0 radical (unpaired) electrons. The first kappa shape index (κ1) is 24.3. The van der Waals surface area contributed by atoms with Crippen LogP contribution in [0.2, 0.25) is 0 Å². The molecule has 11 heteroatoms. The zero-order chi connectivity index (χ0) is 24.7. The molecule has 0 aliphatic carbocycles. The van der Waals surface area contributed by atoms with E-state index >= 15 is 0 Å². The number of rotatable bonds is 9. The Morgan fingerprint density at radius 1 is 1.06 bits per heavy atom. The normalized spacial score (nSPS) is 14.6. The van der Waals surface area contributed by atoms with Crippen molar-refractivity contribution in [1.29, 1.82) is 0 Å². The van der Waals surface area contributed by atoms with Gasteiger partial charge in [-0.25, -0.2) is 8.42 Å². The van der Waals surface area contributed by atoms with Gasteiger partial charge in [0.1, 0.15) is 18.0 Å². The highest BCUT2D eigenvalue weighted by Crippen LogP contribution is 2.29. The summed E-state index contributed by atoms with van der Waals surface area (Å²) in [6.07, 6.45) is 1.50. The van der Waals surface area contributed by atoms with E-state index in [9.17, 15) is 18.5 Å². The predicted molar refractivity (Wildman–Crippen MR) is 131 cm³/mol. The number of anilines is 1. The lowest BCUT2D eigenvalue weighted by Crippen LogP contribution is -2.40. The lowest BCUT2D eigenvalue weighted by Gasteiger charge is -2.26. The molecular formula is C24H24N4O6S. The molecule has 4 rings (SSSR count). The molecule has 182 valence electrons. The highest BCUT2D eigenvalue weighted by molar-refractivity contribution is 7.89. The van der Waals surface area contributed by atoms with E-state index in [0.29, 0.717) is 12.4 Å². The van der Waals surface area contributed by atoms with Crippen LogP contribution in [0.3, 0.4) is 0 Å². The average Bonchev–Trinajstić information content (AvgIpc) is 2.89. The molecule has 10 nitrogen and oxygen atoms in total. The van der Waals surface area contributed by atoms with Gasteiger partial charge in [-0.05, 0) is 47.5 Å². The van der Waals surface area contributed by atoms with Crippen molar-refractivity contribution in [2.75, 3.05) is 31.7 Å². The molecular weight excluding hydrogens is 472 g/mol. The highest BCUT2D eigenvalue weighted by atomic mass is 32.2. The summed E-state index contributed by atoms with van der Waals surface area (Å²) in [5, 5.41) is 15.6. The van der Waals surface area contributed by atoms with Crippen molar-refractivity contribution < 1.29 is 22.8 Å². The summed E-state index contributed by atoms with van der Waals surface area (Å²) in [7, 11) is -3.85. The first-order valence-electron chi connectivity index (χ1n) is 10.9. The van der Waals surface area contributed by atoms with Crippen LogP contribution < -0.4 is 10.2 Å². The number of benzene rings is 3. The Balaban J connectivity index is 1.41. The van der Waals surface area contributed by atoms with Crippen molar-refractivity contribution in [3.05, 3.63) is 94.0 Å². The van der Waals surface area contributed by atoms with Gasteiger partial charge in [0.25, 0.3) is 5.69 Å². The third-order valence-electron chi connectivity index (χ3n) is 5.30. The van der Waals surface area contributed by atoms with E-state index in [-0.39, 0.29) is 42.6 Å². The van der Waals surface area contributed by atoms with Crippen LogP contribution >= 0.6 is 0 Å². The lowest BCUT2D eigenvalue weighted by atomic mass is 10.2. The minimum absolute atomic E-state index is 0.0787. The molecule has 0 aromatic heterocycles. The van der Waals surface area contributed by atoms with Gasteiger partial charge in [0, 0.05) is 19.2 Å². The van der Waals surface area contributed by atoms with E-state index in [4.69, 9.17) is 9.47 Å². The quantitative estimate of drug-likeness (QED) is 0.272. The Morgan fingerprint density at radius 3 is 2.46 bits per heavy atom. The van der Waals surface area contributed by atoms with E-state index in [0.717, 1.165) is 17.2 Å². The van der Waals surface area contributed by atoms with Crippen LogP contribution in [-0.2, 0) is 21.4 Å². The summed E-state index contributed by atoms with van der Waals surface area (Å²) in [6, 6.07) is 20.7. The first-order chi connectivity index (χ1) is 16.9. The van der Waals surface area contributed by atoms with Crippen molar-refractivity contribution in [2.45, 2.75) is 11.5 Å². The van der Waals surface area contributed by atoms with E-state index in [1.165, 1.54) is 22.7 Å². The summed E-state index contributed by atoms with van der Waals surface area (Å²) in [5.74, 6) is 0.701. The number of nitrogens with zero attached hydrogens (tertiary/aromatic N) is 3. The van der Waals surface area contributed by atoms with Gasteiger partial charge < -0.3 is 9.47 Å². The van der Waals surface area contributed by atoms with Gasteiger partial charge in [-0.3, -0.25) is 15.5 Å². The van der Waals surface area contributed by atoms with Crippen molar-refractivity contribution in [3.8, 4) is 5.75 Å². The fourth-order valence-corrected chi connectivity index (χ4v) is 4.85. The molecule has 1 heterocycles. The Hall–Kier alpha value is -3.80. The van der Waals surface area contributed by atoms with Gasteiger partial charge >= 0.3 is 0 Å². The van der Waals surface area contributed by atoms with Crippen molar-refractivity contribution in [2.24, 2.45) is 5.10 Å². The molecule has 0 unspecified atom stereocenters. The topological polar surface area (TPSA) is 123 Å². The molecule has 0 amide bonds. The standard InChI is InChI=1S/C24H24N4O6S/c29-28(30)24-16-22(35(31,32)27-12-14-33-15-13-27)10-11-23(24)26-25-17-19-6-8-21(9-7-19)34-18-20-4-2-1-3-5-20/h1-11,16-17,26H,12-15,18H2. The number of morpholine rings is 1. The average molecular weight is 497 g/mol. The smallest absolute Gasteiger partial charge is 0.295 e. The first-order valence-corrected chi connectivity index (χ1v) is 12.3. The fourth-order valence-electron chi connectivity index (χ4n) is 3.42. The molecule has 3 aromatic rings. The van der Waals surface area contributed by atoms with E-state index in [1.54, 1.807) is 24.3 Å².